The number of nitrogens with two attached hydrogens (primary N) is 1. The van der Waals surface area contributed by atoms with Crippen LogP contribution in [-0.4, -0.2) is 40.6 Å². The van der Waals surface area contributed by atoms with Crippen molar-refractivity contribution in [3.8, 4) is 0 Å². The number of nitrogens with zero attached hydrogens (tertiary/aromatic N) is 1. The van der Waals surface area contributed by atoms with Gasteiger partial charge in [-0.15, -0.1) is 0 Å². The zero-order valence-corrected chi connectivity index (χ0v) is 11.3. The minimum absolute atomic E-state index is 0.212. The second-order valence-corrected chi connectivity index (χ2v) is 5.73. The molecular weight excluding hydrogens is 216 g/mol. The molecule has 3 N–H and O–H groups in total. The Hall–Kier alpha value is -0.610. The van der Waals surface area contributed by atoms with Crippen molar-refractivity contribution in [1.29, 1.82) is 0 Å². The van der Waals surface area contributed by atoms with Gasteiger partial charge in [-0.2, -0.15) is 0 Å². The molecule has 17 heavy (non-hydrogen) atoms. The quantitative estimate of drug-likeness (QED) is 0.772. The van der Waals surface area contributed by atoms with Crippen LogP contribution in [0.5, 0.6) is 0 Å². The minimum atomic E-state index is -1.12. The summed E-state index contributed by atoms with van der Waals surface area (Å²) >= 11 is 0. The minimum Gasteiger partial charge on any atom is -0.480 e. The van der Waals surface area contributed by atoms with Crippen LogP contribution in [-0.2, 0) is 4.79 Å². The molecule has 2 unspecified atom stereocenters. The molecule has 1 fully saturated rings. The topological polar surface area (TPSA) is 66.6 Å². The van der Waals surface area contributed by atoms with Crippen molar-refractivity contribution in [2.24, 2.45) is 5.73 Å². The van der Waals surface area contributed by atoms with Crippen LogP contribution in [0.1, 0.15) is 52.4 Å². The summed E-state index contributed by atoms with van der Waals surface area (Å²) in [6.45, 7) is 3.67. The molecule has 0 bridgehead atoms. The van der Waals surface area contributed by atoms with E-state index in [2.05, 4.69) is 18.9 Å². The van der Waals surface area contributed by atoms with Crippen molar-refractivity contribution in [3.05, 3.63) is 0 Å². The average Bonchev–Trinajstić information content (AvgIpc) is 2.28. The van der Waals surface area contributed by atoms with Gasteiger partial charge in [0.25, 0.3) is 0 Å². The standard InChI is InChI=1S/C13H26N2O2/c1-10(9-13(2,14)12(16)17)15(3)11-7-5-4-6-8-11/h10-11H,4-9,14H2,1-3H3,(H,16,17). The van der Waals surface area contributed by atoms with Crippen molar-refractivity contribution in [3.63, 3.8) is 0 Å². The summed E-state index contributed by atoms with van der Waals surface area (Å²) < 4.78 is 0. The molecule has 1 saturated carbocycles. The van der Waals surface area contributed by atoms with Gasteiger partial charge in [-0.05, 0) is 40.2 Å². The fourth-order valence-electron chi connectivity index (χ4n) is 2.69. The molecule has 0 aliphatic heterocycles. The van der Waals surface area contributed by atoms with Gasteiger partial charge in [0.1, 0.15) is 5.54 Å². The van der Waals surface area contributed by atoms with Crippen LogP contribution in [0.2, 0.25) is 0 Å². The lowest BCUT2D eigenvalue weighted by atomic mass is 9.90. The van der Waals surface area contributed by atoms with E-state index >= 15 is 0 Å². The zero-order valence-electron chi connectivity index (χ0n) is 11.3. The average molecular weight is 242 g/mol. The van der Waals surface area contributed by atoms with E-state index in [9.17, 15) is 4.79 Å². The van der Waals surface area contributed by atoms with E-state index in [4.69, 9.17) is 10.8 Å². The van der Waals surface area contributed by atoms with E-state index in [-0.39, 0.29) is 6.04 Å². The molecule has 0 aromatic heterocycles. The van der Waals surface area contributed by atoms with Gasteiger partial charge in [0.05, 0.1) is 0 Å². The number of carbonyl (C=O) groups is 1. The number of carboxylic acids is 1. The van der Waals surface area contributed by atoms with Crippen LogP contribution in [0.3, 0.4) is 0 Å². The summed E-state index contributed by atoms with van der Waals surface area (Å²) in [5, 5.41) is 9.04. The number of hydrogen-bond donors (Lipinski definition) is 2. The summed E-state index contributed by atoms with van der Waals surface area (Å²) in [5.74, 6) is -0.915. The molecule has 1 aliphatic carbocycles. The normalized spacial score (nSPS) is 23.4. The maximum Gasteiger partial charge on any atom is 0.323 e. The van der Waals surface area contributed by atoms with Crippen LogP contribution < -0.4 is 5.73 Å². The monoisotopic (exact) mass is 242 g/mol. The Kier molecular flexibility index (Phi) is 4.95. The maximum absolute atomic E-state index is 11.0. The van der Waals surface area contributed by atoms with Crippen molar-refractivity contribution in [1.82, 2.24) is 4.90 Å². The Balaban J connectivity index is 2.51. The Labute approximate surface area is 104 Å². The van der Waals surface area contributed by atoms with Crippen LogP contribution in [0.4, 0.5) is 0 Å². The lowest BCUT2D eigenvalue weighted by molar-refractivity contribution is -0.143. The Morgan fingerprint density at radius 1 is 1.47 bits per heavy atom. The van der Waals surface area contributed by atoms with E-state index in [1.54, 1.807) is 6.92 Å². The summed E-state index contributed by atoms with van der Waals surface area (Å²) in [5.41, 5.74) is 4.68. The molecule has 2 atom stereocenters. The highest BCUT2D eigenvalue weighted by molar-refractivity contribution is 5.77. The van der Waals surface area contributed by atoms with Crippen molar-refractivity contribution < 1.29 is 9.90 Å². The number of hydrogen-bond acceptors (Lipinski definition) is 3. The highest BCUT2D eigenvalue weighted by Gasteiger charge is 2.32. The third-order valence-corrected chi connectivity index (χ3v) is 4.05. The molecule has 0 aromatic rings. The van der Waals surface area contributed by atoms with Gasteiger partial charge in [-0.25, -0.2) is 0 Å². The fraction of sp³-hybridized carbons (Fsp3) is 0.923. The van der Waals surface area contributed by atoms with Crippen LogP contribution >= 0.6 is 0 Å². The summed E-state index contributed by atoms with van der Waals surface area (Å²) in [4.78, 5) is 13.3. The Morgan fingerprint density at radius 3 is 2.47 bits per heavy atom. The molecule has 0 spiro atoms. The van der Waals surface area contributed by atoms with Gasteiger partial charge < -0.3 is 15.7 Å². The molecule has 1 rings (SSSR count). The van der Waals surface area contributed by atoms with Crippen molar-refractivity contribution in [2.75, 3.05) is 7.05 Å². The van der Waals surface area contributed by atoms with E-state index in [1.807, 2.05) is 0 Å². The Morgan fingerprint density at radius 2 is 2.00 bits per heavy atom. The lowest BCUT2D eigenvalue weighted by Crippen LogP contribution is -2.51. The molecule has 0 amide bonds. The fourth-order valence-corrected chi connectivity index (χ4v) is 2.69. The van der Waals surface area contributed by atoms with Gasteiger partial charge in [0.2, 0.25) is 0 Å². The molecule has 100 valence electrons. The van der Waals surface area contributed by atoms with Gasteiger partial charge in [0, 0.05) is 12.1 Å². The lowest BCUT2D eigenvalue weighted by Gasteiger charge is -2.37. The van der Waals surface area contributed by atoms with E-state index in [0.717, 1.165) is 0 Å². The summed E-state index contributed by atoms with van der Waals surface area (Å²) in [6.07, 6.45) is 6.88. The number of rotatable bonds is 5. The van der Waals surface area contributed by atoms with E-state index in [0.29, 0.717) is 12.5 Å². The van der Waals surface area contributed by atoms with E-state index < -0.39 is 11.5 Å². The summed E-state index contributed by atoms with van der Waals surface area (Å²) in [6, 6.07) is 0.813. The van der Waals surface area contributed by atoms with Crippen LogP contribution in [0.15, 0.2) is 0 Å². The molecule has 0 radical (unpaired) electrons. The highest BCUT2D eigenvalue weighted by atomic mass is 16.4. The third kappa shape index (κ3) is 3.96. The molecule has 0 heterocycles. The first kappa shape index (κ1) is 14.5. The summed E-state index contributed by atoms with van der Waals surface area (Å²) in [7, 11) is 2.10. The van der Waals surface area contributed by atoms with Crippen LogP contribution in [0.25, 0.3) is 0 Å². The smallest absolute Gasteiger partial charge is 0.323 e. The maximum atomic E-state index is 11.0. The first-order chi connectivity index (χ1) is 7.84. The molecule has 1 aliphatic rings. The van der Waals surface area contributed by atoms with Gasteiger partial charge in [-0.1, -0.05) is 19.3 Å². The largest absolute Gasteiger partial charge is 0.480 e. The Bertz CT molecular complexity index is 260. The second-order valence-electron chi connectivity index (χ2n) is 5.73. The van der Waals surface area contributed by atoms with Gasteiger partial charge >= 0.3 is 5.97 Å². The SMILES string of the molecule is CC(CC(C)(N)C(=O)O)N(C)C1CCCCC1. The van der Waals surface area contributed by atoms with Crippen molar-refractivity contribution in [2.45, 2.75) is 70.0 Å². The second kappa shape index (κ2) is 5.83. The molecule has 0 saturated heterocycles. The zero-order chi connectivity index (χ0) is 13.1. The first-order valence-corrected chi connectivity index (χ1v) is 6.59. The highest BCUT2D eigenvalue weighted by Crippen LogP contribution is 2.25. The predicted molar refractivity (Wildman–Crippen MR) is 68.9 cm³/mol. The van der Waals surface area contributed by atoms with E-state index in [1.165, 1.54) is 32.1 Å². The van der Waals surface area contributed by atoms with Crippen molar-refractivity contribution >= 4 is 5.97 Å². The van der Waals surface area contributed by atoms with Gasteiger partial charge in [0.15, 0.2) is 0 Å². The first-order valence-electron chi connectivity index (χ1n) is 6.59. The number of aliphatic carboxylic acids is 1. The van der Waals surface area contributed by atoms with Gasteiger partial charge in [-0.3, -0.25) is 4.79 Å². The third-order valence-electron chi connectivity index (χ3n) is 4.05. The molecular formula is C13H26N2O2. The van der Waals surface area contributed by atoms with Crippen LogP contribution in [0, 0.1) is 0 Å². The number of carboxylic acid groups (broad SMARTS) is 1. The predicted octanol–water partition coefficient (Wildman–Crippen LogP) is 1.83. The molecule has 4 heteroatoms. The molecule has 0 aromatic carbocycles. The molecule has 4 nitrogen and oxygen atoms in total.